The lowest BCUT2D eigenvalue weighted by Crippen LogP contribution is -2.13. The van der Waals surface area contributed by atoms with E-state index in [0.29, 0.717) is 0 Å². The lowest BCUT2D eigenvalue weighted by atomic mass is 9.99. The van der Waals surface area contributed by atoms with E-state index in [9.17, 15) is 0 Å². The maximum absolute atomic E-state index is 2.25. The van der Waals surface area contributed by atoms with E-state index >= 15 is 0 Å². The summed E-state index contributed by atoms with van der Waals surface area (Å²) in [7, 11) is 4.26. The molecule has 0 heterocycles. The molecule has 79 valence electrons. The molecule has 0 saturated carbocycles. The van der Waals surface area contributed by atoms with E-state index in [1.165, 1.54) is 29.1 Å². The predicted octanol–water partition coefficient (Wildman–Crippen LogP) is 3.20. The molecular weight excluding hydrogens is 170 g/mol. The smallest absolute Gasteiger partial charge is 0.0227 e. The minimum absolute atomic E-state index is 1.14. The topological polar surface area (TPSA) is 3.24 Å². The Balaban J connectivity index is 2.77. The predicted molar refractivity (Wildman–Crippen MR) is 63.2 cm³/mol. The summed E-state index contributed by atoms with van der Waals surface area (Å²) in [6.07, 6.45) is 1.18. The molecule has 0 aliphatic heterocycles. The third-order valence-electron chi connectivity index (χ3n) is 3.40. The van der Waals surface area contributed by atoms with Gasteiger partial charge in [-0.1, -0.05) is 18.1 Å². The molecule has 1 nitrogen and oxygen atoms in total. The van der Waals surface area contributed by atoms with Crippen molar-refractivity contribution in [2.45, 2.75) is 34.1 Å². The zero-order chi connectivity index (χ0) is 10.9. The SMILES string of the molecule is C[C]1C(C)=C(C)C(CCN(C)C)=C1C. The maximum atomic E-state index is 2.25. The maximum Gasteiger partial charge on any atom is 0.0227 e. The van der Waals surface area contributed by atoms with Crippen molar-refractivity contribution in [2.24, 2.45) is 0 Å². The number of nitrogens with zero attached hydrogens (tertiary/aromatic N) is 1. The molecule has 0 atom stereocenters. The molecule has 0 aromatic carbocycles. The standard InChI is InChI=1S/C13H22N/c1-9-10(2)12(4)13(11(9)3)7-8-14(5)6/h7-8H2,1-6H3. The van der Waals surface area contributed by atoms with Crippen LogP contribution in [0.4, 0.5) is 0 Å². The summed E-state index contributed by atoms with van der Waals surface area (Å²) < 4.78 is 0. The molecule has 0 spiro atoms. The highest BCUT2D eigenvalue weighted by Crippen LogP contribution is 2.39. The summed E-state index contributed by atoms with van der Waals surface area (Å²) in [5.74, 6) is 1.48. The van der Waals surface area contributed by atoms with E-state index in [1.54, 1.807) is 5.57 Å². The van der Waals surface area contributed by atoms with E-state index in [1.807, 2.05) is 0 Å². The molecule has 0 aromatic heterocycles. The Kier molecular flexibility index (Phi) is 3.54. The zero-order valence-electron chi connectivity index (χ0n) is 10.4. The van der Waals surface area contributed by atoms with Gasteiger partial charge in [0, 0.05) is 12.5 Å². The molecule has 0 N–H and O–H groups in total. The average Bonchev–Trinajstić information content (AvgIpc) is 2.29. The Bertz CT molecular complexity index is 282. The van der Waals surface area contributed by atoms with Gasteiger partial charge >= 0.3 is 0 Å². The zero-order valence-corrected chi connectivity index (χ0v) is 10.4. The Morgan fingerprint density at radius 2 is 1.43 bits per heavy atom. The van der Waals surface area contributed by atoms with Gasteiger partial charge in [-0.2, -0.15) is 0 Å². The monoisotopic (exact) mass is 192 g/mol. The molecule has 0 unspecified atom stereocenters. The van der Waals surface area contributed by atoms with Gasteiger partial charge < -0.3 is 4.90 Å². The van der Waals surface area contributed by atoms with E-state index in [0.717, 1.165) is 6.54 Å². The van der Waals surface area contributed by atoms with Crippen LogP contribution in [0.3, 0.4) is 0 Å². The molecule has 1 rings (SSSR count). The molecule has 0 aromatic rings. The Morgan fingerprint density at radius 1 is 0.857 bits per heavy atom. The van der Waals surface area contributed by atoms with Crippen LogP contribution in [0.2, 0.25) is 0 Å². The van der Waals surface area contributed by atoms with Crippen molar-refractivity contribution in [3.8, 4) is 0 Å². The van der Waals surface area contributed by atoms with Crippen LogP contribution >= 0.6 is 0 Å². The van der Waals surface area contributed by atoms with Crippen LogP contribution in [-0.4, -0.2) is 25.5 Å². The fraction of sp³-hybridized carbons (Fsp3) is 0.615. The molecule has 0 bridgehead atoms. The van der Waals surface area contributed by atoms with E-state index in [-0.39, 0.29) is 0 Å². The van der Waals surface area contributed by atoms with Gasteiger partial charge in [0.2, 0.25) is 0 Å². The number of rotatable bonds is 3. The third kappa shape index (κ3) is 2.09. The normalized spacial score (nSPS) is 19.1. The highest BCUT2D eigenvalue weighted by Gasteiger charge is 2.22. The fourth-order valence-corrected chi connectivity index (χ4v) is 2.01. The lowest BCUT2D eigenvalue weighted by Gasteiger charge is -2.12. The molecule has 1 aliphatic carbocycles. The minimum Gasteiger partial charge on any atom is -0.309 e. The third-order valence-corrected chi connectivity index (χ3v) is 3.40. The van der Waals surface area contributed by atoms with Crippen molar-refractivity contribution >= 4 is 0 Å². The summed E-state index contributed by atoms with van der Waals surface area (Å²) in [6, 6.07) is 0. The van der Waals surface area contributed by atoms with Crippen molar-refractivity contribution in [3.63, 3.8) is 0 Å². The van der Waals surface area contributed by atoms with Crippen LogP contribution in [0, 0.1) is 5.92 Å². The second-order valence-corrected chi connectivity index (χ2v) is 4.53. The van der Waals surface area contributed by atoms with Crippen molar-refractivity contribution < 1.29 is 0 Å². The van der Waals surface area contributed by atoms with E-state index < -0.39 is 0 Å². The second kappa shape index (κ2) is 4.31. The minimum atomic E-state index is 1.14. The van der Waals surface area contributed by atoms with Gasteiger partial charge in [0.1, 0.15) is 0 Å². The van der Waals surface area contributed by atoms with Crippen molar-refractivity contribution in [3.05, 3.63) is 28.2 Å². The summed E-state index contributed by atoms with van der Waals surface area (Å²) >= 11 is 0. The van der Waals surface area contributed by atoms with Gasteiger partial charge in [-0.15, -0.1) is 0 Å². The van der Waals surface area contributed by atoms with Crippen LogP contribution < -0.4 is 0 Å². The van der Waals surface area contributed by atoms with E-state index in [4.69, 9.17) is 0 Å². The van der Waals surface area contributed by atoms with Gasteiger partial charge in [-0.3, -0.25) is 0 Å². The first-order chi connectivity index (χ1) is 6.45. The van der Waals surface area contributed by atoms with Crippen molar-refractivity contribution in [2.75, 3.05) is 20.6 Å². The van der Waals surface area contributed by atoms with Crippen LogP contribution in [0.25, 0.3) is 0 Å². The van der Waals surface area contributed by atoms with Crippen LogP contribution in [0.15, 0.2) is 22.3 Å². The Morgan fingerprint density at radius 3 is 1.79 bits per heavy atom. The van der Waals surface area contributed by atoms with Gasteiger partial charge in [-0.25, -0.2) is 0 Å². The number of hydrogen-bond donors (Lipinski definition) is 0. The molecule has 1 heteroatoms. The van der Waals surface area contributed by atoms with Gasteiger partial charge in [0.15, 0.2) is 0 Å². The number of allylic oxidation sites excluding steroid dienone is 3. The molecular formula is C13H22N. The largest absolute Gasteiger partial charge is 0.309 e. The second-order valence-electron chi connectivity index (χ2n) is 4.53. The van der Waals surface area contributed by atoms with Crippen LogP contribution in [0.5, 0.6) is 0 Å². The lowest BCUT2D eigenvalue weighted by molar-refractivity contribution is 0.413. The van der Waals surface area contributed by atoms with Crippen molar-refractivity contribution in [1.82, 2.24) is 4.90 Å². The van der Waals surface area contributed by atoms with Crippen LogP contribution in [-0.2, 0) is 0 Å². The van der Waals surface area contributed by atoms with Gasteiger partial charge in [0.05, 0.1) is 0 Å². The summed E-state index contributed by atoms with van der Waals surface area (Å²) in [4.78, 5) is 2.25. The first-order valence-electron chi connectivity index (χ1n) is 5.31. The average molecular weight is 192 g/mol. The quantitative estimate of drug-likeness (QED) is 0.663. The Labute approximate surface area is 88.5 Å². The summed E-state index contributed by atoms with van der Waals surface area (Å²) in [5, 5.41) is 0. The molecule has 1 radical (unpaired) electrons. The van der Waals surface area contributed by atoms with Gasteiger partial charge in [-0.05, 0) is 52.4 Å². The van der Waals surface area contributed by atoms with E-state index in [2.05, 4.69) is 46.7 Å². The molecule has 0 saturated heterocycles. The van der Waals surface area contributed by atoms with Crippen LogP contribution in [0.1, 0.15) is 34.1 Å². The molecule has 0 amide bonds. The highest BCUT2D eigenvalue weighted by atomic mass is 15.0. The fourth-order valence-electron chi connectivity index (χ4n) is 2.01. The number of hydrogen-bond acceptors (Lipinski definition) is 1. The molecule has 0 fully saturated rings. The summed E-state index contributed by atoms with van der Waals surface area (Å²) in [6.45, 7) is 10.1. The van der Waals surface area contributed by atoms with Crippen molar-refractivity contribution in [1.29, 1.82) is 0 Å². The van der Waals surface area contributed by atoms with Gasteiger partial charge in [0.25, 0.3) is 0 Å². The molecule has 14 heavy (non-hydrogen) atoms. The molecule has 1 aliphatic rings. The first kappa shape index (κ1) is 11.5. The summed E-state index contributed by atoms with van der Waals surface area (Å²) in [5.41, 5.74) is 6.05. The highest BCUT2D eigenvalue weighted by molar-refractivity contribution is 5.57. The first-order valence-corrected chi connectivity index (χ1v) is 5.31. The Hall–Kier alpha value is -0.560.